The minimum atomic E-state index is -1.25. The number of hydrogen-bond donors (Lipinski definition) is 0. The van der Waals surface area contributed by atoms with Gasteiger partial charge in [0.15, 0.2) is 0 Å². The van der Waals surface area contributed by atoms with Gasteiger partial charge in [-0.15, -0.1) is 0 Å². The van der Waals surface area contributed by atoms with E-state index >= 15 is 0 Å². The first kappa shape index (κ1) is 16.5. The lowest BCUT2D eigenvalue weighted by molar-refractivity contribution is -0.384. The normalized spacial score (nSPS) is 11.9. The Hall–Kier alpha value is -1.92. The average molecular weight is 340 g/mol. The number of halogens is 1. The van der Waals surface area contributed by atoms with Crippen molar-refractivity contribution in [2.24, 2.45) is 0 Å². The summed E-state index contributed by atoms with van der Waals surface area (Å²) in [5, 5.41) is 11.4. The second-order valence-electron chi connectivity index (χ2n) is 4.57. The zero-order valence-corrected chi connectivity index (χ0v) is 13.4. The maximum Gasteiger partial charge on any atom is 0.270 e. The van der Waals surface area contributed by atoms with Crippen molar-refractivity contribution in [3.05, 3.63) is 68.7 Å². The molecule has 0 bridgehead atoms. The molecule has 0 radical (unpaired) electrons. The van der Waals surface area contributed by atoms with Crippen LogP contribution < -0.4 is 4.74 Å². The van der Waals surface area contributed by atoms with E-state index in [0.29, 0.717) is 16.3 Å². The predicted molar refractivity (Wildman–Crippen MR) is 86.7 cm³/mol. The minimum Gasteiger partial charge on any atom is -0.496 e. The third-order valence-electron chi connectivity index (χ3n) is 3.07. The van der Waals surface area contributed by atoms with E-state index < -0.39 is 15.7 Å². The van der Waals surface area contributed by atoms with Crippen molar-refractivity contribution >= 4 is 28.1 Å². The maximum atomic E-state index is 12.3. The van der Waals surface area contributed by atoms with Gasteiger partial charge in [0.05, 0.1) is 23.5 Å². The monoisotopic (exact) mass is 339 g/mol. The van der Waals surface area contributed by atoms with E-state index in [2.05, 4.69) is 0 Å². The lowest BCUT2D eigenvalue weighted by Crippen LogP contribution is -2.03. The molecule has 22 heavy (non-hydrogen) atoms. The van der Waals surface area contributed by atoms with Crippen molar-refractivity contribution in [3.8, 4) is 5.75 Å². The zero-order chi connectivity index (χ0) is 16.1. The molecule has 0 aliphatic heterocycles. The maximum absolute atomic E-state index is 12.3. The molecule has 0 spiro atoms. The van der Waals surface area contributed by atoms with Gasteiger partial charge in [-0.3, -0.25) is 14.3 Å². The molecule has 0 heterocycles. The Morgan fingerprint density at radius 3 is 2.50 bits per heavy atom. The van der Waals surface area contributed by atoms with Crippen LogP contribution in [0.4, 0.5) is 5.69 Å². The first-order valence-corrected chi connectivity index (χ1v) is 8.27. The molecule has 1 atom stereocenters. The van der Waals surface area contributed by atoms with Crippen LogP contribution in [0.1, 0.15) is 11.1 Å². The standard InChI is InChI=1S/C15H14ClNO4S/c1-21-15-7-6-13(17(18)19)8-12(15)10-22(20)9-11-4-2-3-5-14(11)16/h2-8H,9-10H2,1H3/t22-/m0/s1. The molecule has 0 aliphatic rings. The average Bonchev–Trinajstić information content (AvgIpc) is 2.49. The summed E-state index contributed by atoms with van der Waals surface area (Å²) < 4.78 is 17.5. The van der Waals surface area contributed by atoms with Gasteiger partial charge in [-0.05, 0) is 17.7 Å². The largest absolute Gasteiger partial charge is 0.496 e. The van der Waals surface area contributed by atoms with Crippen molar-refractivity contribution in [1.82, 2.24) is 0 Å². The number of nitro benzene ring substituents is 1. The molecule has 0 aliphatic carbocycles. The van der Waals surface area contributed by atoms with Gasteiger partial charge in [-0.25, -0.2) is 0 Å². The number of nitro groups is 1. The van der Waals surface area contributed by atoms with Gasteiger partial charge >= 0.3 is 0 Å². The number of methoxy groups -OCH3 is 1. The van der Waals surface area contributed by atoms with Gasteiger partial charge in [-0.2, -0.15) is 0 Å². The Bertz CT molecular complexity index is 720. The first-order valence-electron chi connectivity index (χ1n) is 6.41. The van der Waals surface area contributed by atoms with Crippen molar-refractivity contribution in [2.45, 2.75) is 11.5 Å². The fourth-order valence-electron chi connectivity index (χ4n) is 2.00. The van der Waals surface area contributed by atoms with E-state index in [4.69, 9.17) is 16.3 Å². The van der Waals surface area contributed by atoms with Crippen molar-refractivity contribution in [3.63, 3.8) is 0 Å². The summed E-state index contributed by atoms with van der Waals surface area (Å²) in [6, 6.07) is 11.4. The van der Waals surface area contributed by atoms with E-state index in [0.717, 1.165) is 5.56 Å². The highest BCUT2D eigenvalue weighted by molar-refractivity contribution is 7.83. The number of benzene rings is 2. The quantitative estimate of drug-likeness (QED) is 0.594. The molecular weight excluding hydrogens is 326 g/mol. The number of ether oxygens (including phenoxy) is 1. The highest BCUT2D eigenvalue weighted by Gasteiger charge is 2.14. The lowest BCUT2D eigenvalue weighted by atomic mass is 10.2. The van der Waals surface area contributed by atoms with Gasteiger partial charge in [0.2, 0.25) is 0 Å². The Morgan fingerprint density at radius 1 is 1.18 bits per heavy atom. The molecule has 2 aromatic rings. The summed E-state index contributed by atoms with van der Waals surface area (Å²) in [6.45, 7) is 0. The number of non-ortho nitro benzene ring substituents is 1. The highest BCUT2D eigenvalue weighted by Crippen LogP contribution is 2.26. The molecular formula is C15H14ClNO4S. The van der Waals surface area contributed by atoms with Crippen molar-refractivity contribution in [1.29, 1.82) is 0 Å². The van der Waals surface area contributed by atoms with Gasteiger partial charge in [-0.1, -0.05) is 29.8 Å². The summed E-state index contributed by atoms with van der Waals surface area (Å²) >= 11 is 6.05. The summed E-state index contributed by atoms with van der Waals surface area (Å²) in [5.41, 5.74) is 1.28. The molecule has 116 valence electrons. The fourth-order valence-corrected chi connectivity index (χ4v) is 3.56. The fraction of sp³-hybridized carbons (Fsp3) is 0.200. The van der Waals surface area contributed by atoms with Crippen LogP contribution in [-0.4, -0.2) is 16.2 Å². The predicted octanol–water partition coefficient (Wildman–Crippen LogP) is 3.71. The Balaban J connectivity index is 2.19. The van der Waals surface area contributed by atoms with E-state index in [9.17, 15) is 14.3 Å². The van der Waals surface area contributed by atoms with Gasteiger partial charge < -0.3 is 4.74 Å². The van der Waals surface area contributed by atoms with Gasteiger partial charge in [0, 0.05) is 33.5 Å². The molecule has 2 rings (SSSR count). The number of rotatable bonds is 6. The van der Waals surface area contributed by atoms with Crippen molar-refractivity contribution < 1.29 is 13.9 Å². The third kappa shape index (κ3) is 4.05. The zero-order valence-electron chi connectivity index (χ0n) is 11.8. The lowest BCUT2D eigenvalue weighted by Gasteiger charge is -2.09. The molecule has 0 saturated carbocycles. The summed E-state index contributed by atoms with van der Waals surface area (Å²) in [7, 11) is 0.221. The van der Waals surface area contributed by atoms with Crippen LogP contribution in [0.2, 0.25) is 5.02 Å². The number of hydrogen-bond acceptors (Lipinski definition) is 4. The second-order valence-corrected chi connectivity index (χ2v) is 6.44. The molecule has 0 fully saturated rings. The van der Waals surface area contributed by atoms with Crippen LogP contribution in [0.15, 0.2) is 42.5 Å². The Labute approximate surface area is 135 Å². The topological polar surface area (TPSA) is 69.4 Å². The van der Waals surface area contributed by atoms with E-state index in [-0.39, 0.29) is 17.2 Å². The third-order valence-corrected chi connectivity index (χ3v) is 4.70. The highest BCUT2D eigenvalue weighted by atomic mass is 35.5. The smallest absolute Gasteiger partial charge is 0.270 e. The first-order chi connectivity index (χ1) is 10.5. The van der Waals surface area contributed by atoms with Crippen LogP contribution >= 0.6 is 11.6 Å². The van der Waals surface area contributed by atoms with E-state index in [1.165, 1.54) is 25.3 Å². The second kappa shape index (κ2) is 7.38. The minimum absolute atomic E-state index is 0.0504. The molecule has 0 amide bonds. The van der Waals surface area contributed by atoms with Crippen molar-refractivity contribution in [2.75, 3.05) is 7.11 Å². The van der Waals surface area contributed by atoms with Crippen LogP contribution in [0.3, 0.4) is 0 Å². The van der Waals surface area contributed by atoms with E-state index in [1.54, 1.807) is 12.1 Å². The van der Waals surface area contributed by atoms with Crippen LogP contribution in [0.25, 0.3) is 0 Å². The summed E-state index contributed by atoms with van der Waals surface area (Å²) in [4.78, 5) is 10.4. The van der Waals surface area contributed by atoms with Crippen LogP contribution in [0.5, 0.6) is 5.75 Å². The summed E-state index contributed by atoms with van der Waals surface area (Å²) in [6.07, 6.45) is 0. The molecule has 0 N–H and O–H groups in total. The molecule has 0 aromatic heterocycles. The van der Waals surface area contributed by atoms with Crippen LogP contribution in [0, 0.1) is 10.1 Å². The molecule has 0 saturated heterocycles. The van der Waals surface area contributed by atoms with E-state index in [1.807, 2.05) is 12.1 Å². The Morgan fingerprint density at radius 2 is 1.86 bits per heavy atom. The molecule has 0 unspecified atom stereocenters. The summed E-state index contributed by atoms with van der Waals surface area (Å²) in [5.74, 6) is 0.930. The Kier molecular flexibility index (Phi) is 5.51. The van der Waals surface area contributed by atoms with Crippen LogP contribution in [-0.2, 0) is 22.3 Å². The van der Waals surface area contributed by atoms with Gasteiger partial charge in [0.25, 0.3) is 5.69 Å². The molecule has 2 aromatic carbocycles. The molecule has 7 heteroatoms. The van der Waals surface area contributed by atoms with Gasteiger partial charge in [0.1, 0.15) is 5.75 Å². The number of nitrogens with zero attached hydrogens (tertiary/aromatic N) is 1. The SMILES string of the molecule is COc1ccc([N+](=O)[O-])cc1C[S@@](=O)Cc1ccccc1Cl. The molecule has 5 nitrogen and oxygen atoms in total.